The van der Waals surface area contributed by atoms with E-state index in [4.69, 9.17) is 4.74 Å². The topological polar surface area (TPSA) is 21.3 Å². The lowest BCUT2D eigenvalue weighted by molar-refractivity contribution is 0.314. The van der Waals surface area contributed by atoms with Gasteiger partial charge in [0.1, 0.15) is 5.75 Å². The maximum absolute atomic E-state index is 5.70. The highest BCUT2D eigenvalue weighted by Crippen LogP contribution is 2.19. The van der Waals surface area contributed by atoms with Crippen LogP contribution in [0.5, 0.6) is 5.75 Å². The molecule has 0 aliphatic rings. The second-order valence-electron chi connectivity index (χ2n) is 3.66. The molecule has 0 saturated carbocycles. The third kappa shape index (κ3) is 4.34. The molecule has 0 aliphatic carbocycles. The summed E-state index contributed by atoms with van der Waals surface area (Å²) in [7, 11) is 1.99. The van der Waals surface area contributed by atoms with Gasteiger partial charge >= 0.3 is 0 Å². The van der Waals surface area contributed by atoms with Crippen LogP contribution >= 0.6 is 0 Å². The van der Waals surface area contributed by atoms with Crippen molar-refractivity contribution in [1.29, 1.82) is 0 Å². The van der Waals surface area contributed by atoms with Gasteiger partial charge in [0.05, 0.1) is 6.61 Å². The number of aryl methyl sites for hydroxylation is 1. The molecule has 0 amide bonds. The smallest absolute Gasteiger partial charge is 0.122 e. The van der Waals surface area contributed by atoms with E-state index in [0.29, 0.717) is 0 Å². The lowest BCUT2D eigenvalue weighted by Gasteiger charge is -2.10. The first-order valence-electron chi connectivity index (χ1n) is 5.73. The van der Waals surface area contributed by atoms with Gasteiger partial charge < -0.3 is 10.1 Å². The standard InChI is InChI=1S/C13H21NO/c1-3-11-15-13-9-5-4-7-12(13)8-6-10-14-2/h4-5,7,9,14H,3,6,8,10-11H2,1-2H3. The van der Waals surface area contributed by atoms with Crippen molar-refractivity contribution in [2.45, 2.75) is 26.2 Å². The summed E-state index contributed by atoms with van der Waals surface area (Å²) in [6.45, 7) is 3.99. The van der Waals surface area contributed by atoms with Crippen molar-refractivity contribution in [2.75, 3.05) is 20.2 Å². The van der Waals surface area contributed by atoms with E-state index in [1.165, 1.54) is 5.56 Å². The SMILES string of the molecule is CCCOc1ccccc1CCCNC. The Morgan fingerprint density at radius 3 is 2.80 bits per heavy atom. The quantitative estimate of drug-likeness (QED) is 0.694. The number of ether oxygens (including phenoxy) is 1. The highest BCUT2D eigenvalue weighted by Gasteiger charge is 2.01. The molecule has 0 saturated heterocycles. The molecule has 1 rings (SSSR count). The fraction of sp³-hybridized carbons (Fsp3) is 0.538. The van der Waals surface area contributed by atoms with Gasteiger partial charge in [-0.25, -0.2) is 0 Å². The van der Waals surface area contributed by atoms with Crippen LogP contribution in [0.25, 0.3) is 0 Å². The fourth-order valence-corrected chi connectivity index (χ4v) is 1.52. The third-order valence-corrected chi connectivity index (χ3v) is 2.31. The number of rotatable bonds is 7. The number of benzene rings is 1. The van der Waals surface area contributed by atoms with E-state index >= 15 is 0 Å². The number of para-hydroxylation sites is 1. The Hall–Kier alpha value is -1.02. The van der Waals surface area contributed by atoms with Gasteiger partial charge in [0.2, 0.25) is 0 Å². The zero-order valence-electron chi connectivity index (χ0n) is 9.75. The first-order chi connectivity index (χ1) is 7.38. The molecule has 0 unspecified atom stereocenters. The average molecular weight is 207 g/mol. The second kappa shape index (κ2) is 7.30. The molecule has 0 spiro atoms. The molecule has 84 valence electrons. The van der Waals surface area contributed by atoms with Crippen LogP contribution in [-0.2, 0) is 6.42 Å². The molecule has 0 aromatic heterocycles. The van der Waals surface area contributed by atoms with Gasteiger partial charge in [-0.2, -0.15) is 0 Å². The van der Waals surface area contributed by atoms with E-state index in [0.717, 1.165) is 38.2 Å². The van der Waals surface area contributed by atoms with Crippen LogP contribution in [0.4, 0.5) is 0 Å². The van der Waals surface area contributed by atoms with Crippen LogP contribution in [0, 0.1) is 0 Å². The van der Waals surface area contributed by atoms with Gasteiger partial charge in [-0.05, 0) is 44.5 Å². The lowest BCUT2D eigenvalue weighted by atomic mass is 10.1. The van der Waals surface area contributed by atoms with Gasteiger partial charge in [0.25, 0.3) is 0 Å². The van der Waals surface area contributed by atoms with Crippen LogP contribution in [0.15, 0.2) is 24.3 Å². The molecule has 0 atom stereocenters. The van der Waals surface area contributed by atoms with Crippen molar-refractivity contribution in [3.05, 3.63) is 29.8 Å². The van der Waals surface area contributed by atoms with E-state index < -0.39 is 0 Å². The molecule has 0 heterocycles. The predicted molar refractivity (Wildman–Crippen MR) is 64.5 cm³/mol. The van der Waals surface area contributed by atoms with E-state index in [1.54, 1.807) is 0 Å². The predicted octanol–water partition coefficient (Wildman–Crippen LogP) is 2.63. The zero-order chi connectivity index (χ0) is 10.9. The summed E-state index contributed by atoms with van der Waals surface area (Å²) in [6, 6.07) is 8.32. The molecule has 1 aromatic carbocycles. The molecule has 0 bridgehead atoms. The molecule has 0 aliphatic heterocycles. The fourth-order valence-electron chi connectivity index (χ4n) is 1.52. The summed E-state index contributed by atoms with van der Waals surface area (Å²) in [4.78, 5) is 0. The summed E-state index contributed by atoms with van der Waals surface area (Å²) in [5.74, 6) is 1.05. The van der Waals surface area contributed by atoms with Crippen molar-refractivity contribution in [2.24, 2.45) is 0 Å². The Morgan fingerprint density at radius 2 is 2.07 bits per heavy atom. The highest BCUT2D eigenvalue weighted by molar-refractivity contribution is 5.33. The monoisotopic (exact) mass is 207 g/mol. The summed E-state index contributed by atoms with van der Waals surface area (Å²) in [5, 5.41) is 3.16. The molecule has 0 fully saturated rings. The van der Waals surface area contributed by atoms with Crippen LogP contribution in [0.1, 0.15) is 25.3 Å². The molecule has 15 heavy (non-hydrogen) atoms. The second-order valence-corrected chi connectivity index (χ2v) is 3.66. The summed E-state index contributed by atoms with van der Waals surface area (Å²) < 4.78 is 5.70. The molecule has 1 aromatic rings. The lowest BCUT2D eigenvalue weighted by Crippen LogP contribution is -2.09. The van der Waals surface area contributed by atoms with Crippen molar-refractivity contribution < 1.29 is 4.74 Å². The zero-order valence-corrected chi connectivity index (χ0v) is 9.75. The summed E-state index contributed by atoms with van der Waals surface area (Å²) >= 11 is 0. The van der Waals surface area contributed by atoms with Crippen LogP contribution in [0.3, 0.4) is 0 Å². The van der Waals surface area contributed by atoms with E-state index in [1.807, 2.05) is 13.1 Å². The maximum atomic E-state index is 5.70. The molecular formula is C13H21NO. The van der Waals surface area contributed by atoms with Crippen molar-refractivity contribution >= 4 is 0 Å². The Balaban J connectivity index is 2.52. The summed E-state index contributed by atoms with van der Waals surface area (Å²) in [6.07, 6.45) is 3.30. The van der Waals surface area contributed by atoms with Gasteiger partial charge in [0, 0.05) is 0 Å². The van der Waals surface area contributed by atoms with E-state index in [-0.39, 0.29) is 0 Å². The minimum absolute atomic E-state index is 0.809. The third-order valence-electron chi connectivity index (χ3n) is 2.31. The molecule has 2 heteroatoms. The Labute approximate surface area is 92.6 Å². The van der Waals surface area contributed by atoms with Gasteiger partial charge in [-0.1, -0.05) is 25.1 Å². The highest BCUT2D eigenvalue weighted by atomic mass is 16.5. The minimum Gasteiger partial charge on any atom is -0.493 e. The van der Waals surface area contributed by atoms with Gasteiger partial charge in [-0.3, -0.25) is 0 Å². The van der Waals surface area contributed by atoms with Crippen molar-refractivity contribution in [3.63, 3.8) is 0 Å². The normalized spacial score (nSPS) is 10.3. The van der Waals surface area contributed by atoms with Gasteiger partial charge in [0.15, 0.2) is 0 Å². The van der Waals surface area contributed by atoms with Crippen LogP contribution in [0.2, 0.25) is 0 Å². The number of hydrogen-bond donors (Lipinski definition) is 1. The van der Waals surface area contributed by atoms with E-state index in [9.17, 15) is 0 Å². The van der Waals surface area contributed by atoms with E-state index in [2.05, 4.69) is 30.4 Å². The number of hydrogen-bond acceptors (Lipinski definition) is 2. The summed E-state index contributed by atoms with van der Waals surface area (Å²) in [5.41, 5.74) is 1.32. The largest absolute Gasteiger partial charge is 0.493 e. The average Bonchev–Trinajstić information content (AvgIpc) is 2.28. The molecule has 1 N–H and O–H groups in total. The van der Waals surface area contributed by atoms with Crippen LogP contribution < -0.4 is 10.1 Å². The minimum atomic E-state index is 0.809. The van der Waals surface area contributed by atoms with Gasteiger partial charge in [-0.15, -0.1) is 0 Å². The van der Waals surface area contributed by atoms with Crippen LogP contribution in [-0.4, -0.2) is 20.2 Å². The van der Waals surface area contributed by atoms with Crippen molar-refractivity contribution in [3.8, 4) is 5.75 Å². The first-order valence-corrected chi connectivity index (χ1v) is 5.73. The first kappa shape index (κ1) is 12.1. The maximum Gasteiger partial charge on any atom is 0.122 e. The Bertz CT molecular complexity index is 273. The van der Waals surface area contributed by atoms with Crippen molar-refractivity contribution in [1.82, 2.24) is 5.32 Å². The Morgan fingerprint density at radius 1 is 1.27 bits per heavy atom. The molecule has 0 radical (unpaired) electrons. The number of nitrogens with one attached hydrogen (secondary N) is 1. The Kier molecular flexibility index (Phi) is 5.86. The molecular weight excluding hydrogens is 186 g/mol. The molecule has 2 nitrogen and oxygen atoms in total.